The number of nitrogens with one attached hydrogen (secondary N) is 1. The molecule has 0 spiro atoms. The van der Waals surface area contributed by atoms with E-state index in [0.717, 1.165) is 11.8 Å². The Bertz CT molecular complexity index is 208. The summed E-state index contributed by atoms with van der Waals surface area (Å²) < 4.78 is 0. The van der Waals surface area contributed by atoms with E-state index in [2.05, 4.69) is 5.32 Å². The van der Waals surface area contributed by atoms with Crippen molar-refractivity contribution in [3.05, 3.63) is 0 Å². The van der Waals surface area contributed by atoms with Crippen molar-refractivity contribution >= 4 is 22.9 Å². The predicted molar refractivity (Wildman–Crippen MR) is 57.8 cm³/mol. The summed E-state index contributed by atoms with van der Waals surface area (Å²) in [5.74, 6) is -0.160. The summed E-state index contributed by atoms with van der Waals surface area (Å²) >= 11 is 1.08. The van der Waals surface area contributed by atoms with Gasteiger partial charge >= 0.3 is 0 Å². The lowest BCUT2D eigenvalue weighted by molar-refractivity contribution is -0.120. The minimum absolute atomic E-state index is 0. The topological polar surface area (TPSA) is 46.2 Å². The summed E-state index contributed by atoms with van der Waals surface area (Å²) in [4.78, 5) is 21.8. The van der Waals surface area contributed by atoms with E-state index in [9.17, 15) is 9.59 Å². The van der Waals surface area contributed by atoms with Gasteiger partial charge in [0.2, 0.25) is 5.91 Å². The number of amides is 2. The van der Waals surface area contributed by atoms with Crippen molar-refractivity contribution < 1.29 is 9.59 Å². The van der Waals surface area contributed by atoms with Crippen LogP contribution in [0.3, 0.4) is 0 Å². The molecular weight excluding hydrogens is 186 g/mol. The first-order valence-electron chi connectivity index (χ1n) is 3.43. The van der Waals surface area contributed by atoms with E-state index in [4.69, 9.17) is 0 Å². The van der Waals surface area contributed by atoms with Gasteiger partial charge < -0.3 is 0 Å². The van der Waals surface area contributed by atoms with Crippen molar-refractivity contribution in [1.29, 1.82) is 0 Å². The molecule has 1 atom stereocenters. The Labute approximate surface area is 84.7 Å². The molecule has 2 amide bonds. The molecule has 78 valence electrons. The molecule has 13 heavy (non-hydrogen) atoms. The van der Waals surface area contributed by atoms with Gasteiger partial charge in [0, 0.05) is 0 Å². The summed E-state index contributed by atoms with van der Waals surface area (Å²) in [6, 6.07) is 0. The maximum Gasteiger partial charge on any atom is 0.286 e. The second kappa shape index (κ2) is 4.65. The molecular formula is C9H19NO2S. The van der Waals surface area contributed by atoms with Gasteiger partial charge in [-0.25, -0.2) is 0 Å². The fourth-order valence-electron chi connectivity index (χ4n) is 0.926. The molecule has 0 aromatic rings. The van der Waals surface area contributed by atoms with Crippen molar-refractivity contribution in [1.82, 2.24) is 5.32 Å². The van der Waals surface area contributed by atoms with Crippen LogP contribution in [0.5, 0.6) is 0 Å². The van der Waals surface area contributed by atoms with E-state index in [1.807, 2.05) is 20.8 Å². The molecule has 0 radical (unpaired) electrons. The lowest BCUT2D eigenvalue weighted by atomic mass is 9.91. The summed E-state index contributed by atoms with van der Waals surface area (Å²) in [7, 11) is 0. The molecule has 4 heteroatoms. The summed E-state index contributed by atoms with van der Waals surface area (Å²) in [6.07, 6.45) is 0. The van der Waals surface area contributed by atoms with Gasteiger partial charge in [-0.2, -0.15) is 0 Å². The SMILES string of the molecule is C.C.CC(C)(C)C1SC(=O)NC1=O. The Morgan fingerprint density at radius 2 is 1.69 bits per heavy atom. The molecule has 1 aliphatic heterocycles. The molecule has 1 fully saturated rings. The van der Waals surface area contributed by atoms with Crippen LogP contribution in [0, 0.1) is 5.41 Å². The second-order valence-electron chi connectivity index (χ2n) is 3.64. The van der Waals surface area contributed by atoms with Gasteiger partial charge in [-0.1, -0.05) is 47.4 Å². The summed E-state index contributed by atoms with van der Waals surface area (Å²) in [5.41, 5.74) is -0.138. The van der Waals surface area contributed by atoms with E-state index in [0.29, 0.717) is 0 Å². The fraction of sp³-hybridized carbons (Fsp3) is 0.778. The quantitative estimate of drug-likeness (QED) is 0.661. The first kappa shape index (κ1) is 15.0. The van der Waals surface area contributed by atoms with Crippen LogP contribution in [0.25, 0.3) is 0 Å². The lowest BCUT2D eigenvalue weighted by Crippen LogP contribution is -2.33. The van der Waals surface area contributed by atoms with Gasteiger partial charge in [-0.05, 0) is 5.41 Å². The van der Waals surface area contributed by atoms with Crippen molar-refractivity contribution in [2.45, 2.75) is 40.9 Å². The highest BCUT2D eigenvalue weighted by atomic mass is 32.2. The van der Waals surface area contributed by atoms with Gasteiger partial charge in [-0.15, -0.1) is 0 Å². The molecule has 0 saturated carbocycles. The normalized spacial score (nSPS) is 21.6. The van der Waals surface area contributed by atoms with Crippen molar-refractivity contribution in [2.24, 2.45) is 5.41 Å². The third kappa shape index (κ3) is 3.38. The number of carbonyl (C=O) groups is 2. The minimum atomic E-state index is -0.227. The first-order chi connectivity index (χ1) is 4.91. The number of hydrogen-bond acceptors (Lipinski definition) is 3. The standard InChI is InChI=1S/C7H11NO2S.2CH4/c1-7(2,3)4-5(9)8-6(10)11-4;;/h4H,1-3H3,(H,8,9,10);2*1H4. The van der Waals surface area contributed by atoms with Crippen molar-refractivity contribution in [3.8, 4) is 0 Å². The molecule has 0 aromatic heterocycles. The molecule has 1 N–H and O–H groups in total. The van der Waals surface area contributed by atoms with Crippen LogP contribution in [-0.4, -0.2) is 16.4 Å². The van der Waals surface area contributed by atoms with Crippen LogP contribution in [0.4, 0.5) is 4.79 Å². The van der Waals surface area contributed by atoms with Crippen molar-refractivity contribution in [2.75, 3.05) is 0 Å². The molecule has 0 aliphatic carbocycles. The Kier molecular flexibility index (Phi) is 5.36. The third-order valence-electron chi connectivity index (χ3n) is 1.47. The smallest absolute Gasteiger partial charge is 0.286 e. The number of imide groups is 1. The Balaban J connectivity index is 0. The molecule has 1 aliphatic rings. The zero-order chi connectivity index (χ0) is 8.65. The van der Waals surface area contributed by atoms with Crippen molar-refractivity contribution in [3.63, 3.8) is 0 Å². The molecule has 1 heterocycles. The molecule has 1 saturated heterocycles. The molecule has 0 bridgehead atoms. The lowest BCUT2D eigenvalue weighted by Gasteiger charge is -2.21. The Morgan fingerprint density at radius 1 is 1.23 bits per heavy atom. The highest BCUT2D eigenvalue weighted by molar-refractivity contribution is 8.15. The molecule has 0 aromatic carbocycles. The van der Waals surface area contributed by atoms with Crippen LogP contribution >= 0.6 is 11.8 Å². The van der Waals surface area contributed by atoms with Gasteiger partial charge in [0.25, 0.3) is 5.24 Å². The predicted octanol–water partition coefficient (Wildman–Crippen LogP) is 2.66. The molecule has 1 unspecified atom stereocenters. The van der Waals surface area contributed by atoms with Crippen LogP contribution in [0.15, 0.2) is 0 Å². The first-order valence-corrected chi connectivity index (χ1v) is 4.31. The van der Waals surface area contributed by atoms with E-state index < -0.39 is 0 Å². The highest BCUT2D eigenvalue weighted by Gasteiger charge is 2.39. The van der Waals surface area contributed by atoms with E-state index >= 15 is 0 Å². The average molecular weight is 205 g/mol. The maximum atomic E-state index is 11.1. The van der Waals surface area contributed by atoms with Gasteiger partial charge in [-0.3, -0.25) is 14.9 Å². The van der Waals surface area contributed by atoms with Crippen LogP contribution in [0.1, 0.15) is 35.6 Å². The van der Waals surface area contributed by atoms with E-state index in [1.54, 1.807) is 0 Å². The zero-order valence-electron chi connectivity index (χ0n) is 6.80. The summed E-state index contributed by atoms with van der Waals surface area (Å²) in [6.45, 7) is 5.84. The third-order valence-corrected chi connectivity index (χ3v) is 2.95. The number of rotatable bonds is 0. The zero-order valence-corrected chi connectivity index (χ0v) is 7.62. The van der Waals surface area contributed by atoms with Gasteiger partial charge in [0.05, 0.1) is 5.25 Å². The number of carbonyl (C=O) groups excluding carboxylic acids is 2. The fourth-order valence-corrected chi connectivity index (χ4v) is 1.82. The Hall–Kier alpha value is -0.510. The van der Waals surface area contributed by atoms with E-state index in [-0.39, 0.29) is 36.7 Å². The molecule has 1 rings (SSSR count). The largest absolute Gasteiger partial charge is 0.286 e. The van der Waals surface area contributed by atoms with Gasteiger partial charge in [0.1, 0.15) is 0 Å². The van der Waals surface area contributed by atoms with Crippen LogP contribution in [0.2, 0.25) is 0 Å². The number of thioether (sulfide) groups is 1. The summed E-state index contributed by atoms with van der Waals surface area (Å²) in [5, 5.41) is 1.80. The van der Waals surface area contributed by atoms with E-state index in [1.165, 1.54) is 0 Å². The average Bonchev–Trinajstić information content (AvgIpc) is 2.08. The minimum Gasteiger partial charge on any atom is -0.286 e. The number of hydrogen-bond donors (Lipinski definition) is 1. The maximum absolute atomic E-state index is 11.1. The second-order valence-corrected chi connectivity index (χ2v) is 4.72. The van der Waals surface area contributed by atoms with Gasteiger partial charge in [0.15, 0.2) is 0 Å². The van der Waals surface area contributed by atoms with Crippen LogP contribution in [-0.2, 0) is 4.79 Å². The highest BCUT2D eigenvalue weighted by Crippen LogP contribution is 2.34. The molecule has 3 nitrogen and oxygen atoms in total. The monoisotopic (exact) mass is 205 g/mol. The Morgan fingerprint density at radius 3 is 1.85 bits per heavy atom. The van der Waals surface area contributed by atoms with Crippen LogP contribution < -0.4 is 5.32 Å².